The van der Waals surface area contributed by atoms with Gasteiger partial charge in [-0.1, -0.05) is 17.7 Å². The van der Waals surface area contributed by atoms with Crippen LogP contribution in [0.3, 0.4) is 0 Å². The molecule has 3 N–H and O–H groups in total. The summed E-state index contributed by atoms with van der Waals surface area (Å²) in [7, 11) is 0. The molecule has 0 bridgehead atoms. The van der Waals surface area contributed by atoms with Crippen LogP contribution in [0.5, 0.6) is 0 Å². The van der Waals surface area contributed by atoms with Crippen LogP contribution in [0.1, 0.15) is 10.4 Å². The largest absolute Gasteiger partial charge is 0.397 e. The summed E-state index contributed by atoms with van der Waals surface area (Å²) < 4.78 is 26.6. The quantitative estimate of drug-likeness (QED) is 0.829. The topological polar surface area (TPSA) is 55.1 Å². The summed E-state index contributed by atoms with van der Waals surface area (Å²) in [6.07, 6.45) is 0. The van der Waals surface area contributed by atoms with Crippen molar-refractivity contribution in [3.05, 3.63) is 58.6 Å². The Bertz CT molecular complexity index is 647. The molecule has 0 aliphatic heterocycles. The summed E-state index contributed by atoms with van der Waals surface area (Å²) in [4.78, 5) is 11.9. The summed E-state index contributed by atoms with van der Waals surface area (Å²) in [5.74, 6) is -2.91. The van der Waals surface area contributed by atoms with Crippen LogP contribution in [0.2, 0.25) is 5.02 Å². The smallest absolute Gasteiger partial charge is 0.255 e. The van der Waals surface area contributed by atoms with Crippen LogP contribution in [0.15, 0.2) is 36.4 Å². The number of nitrogens with two attached hydrogens (primary N) is 1. The third kappa shape index (κ3) is 2.82. The molecule has 1 amide bonds. The zero-order valence-electron chi connectivity index (χ0n) is 9.58. The average Bonchev–Trinajstić information content (AvgIpc) is 2.39. The van der Waals surface area contributed by atoms with Crippen molar-refractivity contribution in [2.24, 2.45) is 0 Å². The molecule has 3 nitrogen and oxygen atoms in total. The van der Waals surface area contributed by atoms with E-state index in [1.165, 1.54) is 18.2 Å². The molecule has 0 fully saturated rings. The van der Waals surface area contributed by atoms with Gasteiger partial charge in [0.25, 0.3) is 5.91 Å². The molecule has 2 aromatic rings. The fraction of sp³-hybridized carbons (Fsp3) is 0. The van der Waals surface area contributed by atoms with E-state index in [4.69, 9.17) is 17.3 Å². The van der Waals surface area contributed by atoms with Crippen molar-refractivity contribution in [3.63, 3.8) is 0 Å². The molecule has 0 saturated heterocycles. The minimum atomic E-state index is -1.20. The number of benzene rings is 2. The number of anilines is 2. The summed E-state index contributed by atoms with van der Waals surface area (Å²) in [5, 5.41) is 2.59. The highest BCUT2D eigenvalue weighted by Gasteiger charge is 2.15. The van der Waals surface area contributed by atoms with Gasteiger partial charge in [-0.3, -0.25) is 4.79 Å². The maximum absolute atomic E-state index is 13.5. The first-order valence-electron chi connectivity index (χ1n) is 5.29. The fourth-order valence-corrected chi connectivity index (χ4v) is 1.70. The van der Waals surface area contributed by atoms with E-state index in [1.807, 2.05) is 0 Å². The molecular formula is C13H9ClF2N2O. The van der Waals surface area contributed by atoms with E-state index in [0.717, 1.165) is 6.07 Å². The normalized spacial score (nSPS) is 10.3. The van der Waals surface area contributed by atoms with Gasteiger partial charge in [0.2, 0.25) is 0 Å². The molecule has 0 aliphatic carbocycles. The molecule has 6 heteroatoms. The van der Waals surface area contributed by atoms with Crippen molar-refractivity contribution in [2.45, 2.75) is 0 Å². The standard InChI is InChI=1S/C13H9ClF2N2O/c14-8-3-1-2-7(6-8)13(19)18-12-10(17)5-4-9(15)11(12)16/h1-6H,17H2,(H,18,19). The highest BCUT2D eigenvalue weighted by molar-refractivity contribution is 6.31. The van der Waals surface area contributed by atoms with Crippen molar-refractivity contribution in [2.75, 3.05) is 11.1 Å². The minimum Gasteiger partial charge on any atom is -0.397 e. The number of nitrogens with one attached hydrogen (secondary N) is 1. The lowest BCUT2D eigenvalue weighted by Crippen LogP contribution is -2.15. The molecule has 0 aliphatic rings. The van der Waals surface area contributed by atoms with Crippen LogP contribution in [-0.4, -0.2) is 5.91 Å². The summed E-state index contributed by atoms with van der Waals surface area (Å²) in [6, 6.07) is 8.13. The van der Waals surface area contributed by atoms with Crippen molar-refractivity contribution in [1.29, 1.82) is 0 Å². The van der Waals surface area contributed by atoms with Crippen molar-refractivity contribution in [3.8, 4) is 0 Å². The molecule has 98 valence electrons. The number of hydrogen-bond acceptors (Lipinski definition) is 2. The van der Waals surface area contributed by atoms with E-state index in [-0.39, 0.29) is 16.9 Å². The number of carbonyl (C=O) groups excluding carboxylic acids is 1. The Morgan fingerprint density at radius 1 is 1.21 bits per heavy atom. The minimum absolute atomic E-state index is 0.0609. The molecule has 19 heavy (non-hydrogen) atoms. The van der Waals surface area contributed by atoms with Gasteiger partial charge in [0.1, 0.15) is 5.69 Å². The molecule has 2 aromatic carbocycles. The fourth-order valence-electron chi connectivity index (χ4n) is 1.51. The first-order chi connectivity index (χ1) is 8.99. The highest BCUT2D eigenvalue weighted by atomic mass is 35.5. The molecule has 2 rings (SSSR count). The molecule has 0 radical (unpaired) electrons. The van der Waals surface area contributed by atoms with E-state index in [0.29, 0.717) is 5.02 Å². The lowest BCUT2D eigenvalue weighted by Gasteiger charge is -2.09. The Labute approximate surface area is 113 Å². The predicted octanol–water partition coefficient (Wildman–Crippen LogP) is 3.45. The predicted molar refractivity (Wildman–Crippen MR) is 70.2 cm³/mol. The van der Waals surface area contributed by atoms with Gasteiger partial charge in [-0.2, -0.15) is 0 Å². The Balaban J connectivity index is 2.32. The van der Waals surface area contributed by atoms with Crippen molar-refractivity contribution >= 4 is 28.9 Å². The third-order valence-corrected chi connectivity index (χ3v) is 2.69. The number of nitrogen functional groups attached to an aromatic ring is 1. The second-order valence-electron chi connectivity index (χ2n) is 3.79. The van der Waals surface area contributed by atoms with Crippen LogP contribution in [0, 0.1) is 11.6 Å². The van der Waals surface area contributed by atoms with Crippen LogP contribution in [0.25, 0.3) is 0 Å². The van der Waals surface area contributed by atoms with Gasteiger partial charge in [0.05, 0.1) is 5.69 Å². The maximum Gasteiger partial charge on any atom is 0.255 e. The van der Waals surface area contributed by atoms with Gasteiger partial charge < -0.3 is 11.1 Å². The van der Waals surface area contributed by atoms with Gasteiger partial charge in [-0.15, -0.1) is 0 Å². The van der Waals surface area contributed by atoms with Gasteiger partial charge >= 0.3 is 0 Å². The second kappa shape index (κ2) is 5.24. The number of hydrogen-bond donors (Lipinski definition) is 2. The van der Waals surface area contributed by atoms with Gasteiger partial charge in [-0.25, -0.2) is 8.78 Å². The van der Waals surface area contributed by atoms with Gasteiger partial charge in [0, 0.05) is 10.6 Å². The summed E-state index contributed by atoms with van der Waals surface area (Å²) in [6.45, 7) is 0. The van der Waals surface area contributed by atoms with Crippen LogP contribution in [-0.2, 0) is 0 Å². The second-order valence-corrected chi connectivity index (χ2v) is 4.23. The van der Waals surface area contributed by atoms with E-state index in [9.17, 15) is 13.6 Å². The maximum atomic E-state index is 13.5. The van der Waals surface area contributed by atoms with Crippen LogP contribution in [0.4, 0.5) is 20.2 Å². The lowest BCUT2D eigenvalue weighted by atomic mass is 10.2. The van der Waals surface area contributed by atoms with Gasteiger partial charge in [0.15, 0.2) is 11.6 Å². The number of carbonyl (C=O) groups is 1. The van der Waals surface area contributed by atoms with Crippen LogP contribution >= 0.6 is 11.6 Å². The van der Waals surface area contributed by atoms with E-state index in [1.54, 1.807) is 12.1 Å². The van der Waals surface area contributed by atoms with Gasteiger partial charge in [-0.05, 0) is 30.3 Å². The Kier molecular flexibility index (Phi) is 3.66. The molecule has 0 spiro atoms. The van der Waals surface area contributed by atoms with Crippen LogP contribution < -0.4 is 11.1 Å². The van der Waals surface area contributed by atoms with E-state index >= 15 is 0 Å². The SMILES string of the molecule is Nc1ccc(F)c(F)c1NC(=O)c1cccc(Cl)c1. The lowest BCUT2D eigenvalue weighted by molar-refractivity contribution is 0.102. The molecular weight excluding hydrogens is 274 g/mol. The number of rotatable bonds is 2. The number of halogens is 3. The third-order valence-electron chi connectivity index (χ3n) is 2.45. The Hall–Kier alpha value is -2.14. The average molecular weight is 283 g/mol. The molecule has 0 saturated carbocycles. The molecule has 0 atom stereocenters. The molecule has 0 unspecified atom stereocenters. The van der Waals surface area contributed by atoms with E-state index < -0.39 is 17.5 Å². The van der Waals surface area contributed by atoms with Crippen molar-refractivity contribution in [1.82, 2.24) is 0 Å². The monoisotopic (exact) mass is 282 g/mol. The summed E-state index contributed by atoms with van der Waals surface area (Å²) in [5.41, 5.74) is 5.27. The Morgan fingerprint density at radius 3 is 2.63 bits per heavy atom. The van der Waals surface area contributed by atoms with E-state index in [2.05, 4.69) is 5.32 Å². The van der Waals surface area contributed by atoms with Crippen molar-refractivity contribution < 1.29 is 13.6 Å². The first-order valence-corrected chi connectivity index (χ1v) is 5.67. The molecule has 0 heterocycles. The number of amides is 1. The summed E-state index contributed by atoms with van der Waals surface area (Å²) >= 11 is 5.74. The Morgan fingerprint density at radius 2 is 1.95 bits per heavy atom. The zero-order valence-corrected chi connectivity index (χ0v) is 10.3. The first kappa shape index (κ1) is 13.3. The highest BCUT2D eigenvalue weighted by Crippen LogP contribution is 2.25. The molecule has 0 aromatic heterocycles. The zero-order chi connectivity index (χ0) is 14.0.